The number of hydrogen-bond donors (Lipinski definition) is 0. The minimum absolute atomic E-state index is 0.980. The number of halogens is 1. The third-order valence-electron chi connectivity index (χ3n) is 2.86. The van der Waals surface area contributed by atoms with Gasteiger partial charge in [0.2, 0.25) is 0 Å². The predicted molar refractivity (Wildman–Crippen MR) is 83.6 cm³/mol. The number of thiophene rings is 1. The van der Waals surface area contributed by atoms with Gasteiger partial charge < -0.3 is 0 Å². The third-order valence-corrected chi connectivity index (χ3v) is 4.17. The molecule has 0 saturated heterocycles. The van der Waals surface area contributed by atoms with Gasteiger partial charge in [0.1, 0.15) is 7.85 Å². The summed E-state index contributed by atoms with van der Waals surface area (Å²) in [6.07, 6.45) is 9.13. The first-order valence-corrected chi connectivity index (χ1v) is 6.99. The first-order valence-electron chi connectivity index (χ1n) is 5.74. The fourth-order valence-corrected chi connectivity index (χ4v) is 3.01. The zero-order valence-corrected chi connectivity index (χ0v) is 12.5. The molecule has 0 bridgehead atoms. The Kier molecular flexibility index (Phi) is 5.80. The van der Waals surface area contributed by atoms with E-state index in [4.69, 9.17) is 11.6 Å². The van der Waals surface area contributed by atoms with E-state index in [2.05, 4.69) is 39.9 Å². The molecule has 0 fully saturated rings. The van der Waals surface area contributed by atoms with E-state index in [-0.39, 0.29) is 0 Å². The molecule has 0 aliphatic rings. The molecule has 0 aliphatic carbocycles. The van der Waals surface area contributed by atoms with Gasteiger partial charge in [0.25, 0.3) is 0 Å². The minimum Gasteiger partial charge on any atom is -0.146 e. The summed E-state index contributed by atoms with van der Waals surface area (Å²) in [5, 5.41) is 0. The summed E-state index contributed by atoms with van der Waals surface area (Å²) in [5.74, 6) is 0. The Bertz CT molecular complexity index is 467. The average Bonchev–Trinajstić information content (AvgIpc) is 2.53. The molecule has 1 rings (SSSR count). The lowest BCUT2D eigenvalue weighted by Crippen LogP contribution is -2.10. The molecule has 0 N–H and O–H groups in total. The summed E-state index contributed by atoms with van der Waals surface area (Å²) in [6.45, 7) is 6.43. The van der Waals surface area contributed by atoms with Crippen LogP contribution < -0.4 is 5.46 Å². The largest absolute Gasteiger partial charge is 0.146 e. The molecule has 0 radical (unpaired) electrons. The Hall–Kier alpha value is -0.725. The van der Waals surface area contributed by atoms with Crippen molar-refractivity contribution in [1.29, 1.82) is 0 Å². The van der Waals surface area contributed by atoms with Crippen LogP contribution in [-0.2, 0) is 6.42 Å². The van der Waals surface area contributed by atoms with Gasteiger partial charge in [-0.05, 0) is 43.2 Å². The van der Waals surface area contributed by atoms with Crippen molar-refractivity contribution in [1.82, 2.24) is 0 Å². The Morgan fingerprint density at radius 3 is 2.53 bits per heavy atom. The van der Waals surface area contributed by atoms with Crippen LogP contribution in [0.5, 0.6) is 0 Å². The van der Waals surface area contributed by atoms with Gasteiger partial charge >= 0.3 is 0 Å². The molecule has 1 aromatic heterocycles. The number of allylic oxidation sites excluding steroid dienone is 5. The topological polar surface area (TPSA) is 0 Å². The number of aryl methyl sites for hydroxylation is 2. The van der Waals surface area contributed by atoms with Crippen molar-refractivity contribution >= 4 is 36.2 Å². The van der Waals surface area contributed by atoms with Gasteiger partial charge in [-0.15, -0.1) is 11.3 Å². The molecule has 1 heterocycles. The zero-order valence-electron chi connectivity index (χ0n) is 10.9. The van der Waals surface area contributed by atoms with Gasteiger partial charge in [0.05, 0.1) is 0 Å². The van der Waals surface area contributed by atoms with E-state index in [1.165, 1.54) is 26.4 Å². The molecule has 0 atom stereocenters. The molecule has 0 spiro atoms. The van der Waals surface area contributed by atoms with Crippen LogP contribution in [0, 0.1) is 13.8 Å². The van der Waals surface area contributed by atoms with Crippen molar-refractivity contribution in [3.8, 4) is 0 Å². The second-order valence-corrected chi connectivity index (χ2v) is 5.74. The summed E-state index contributed by atoms with van der Waals surface area (Å²) < 4.78 is 0. The van der Waals surface area contributed by atoms with Crippen LogP contribution in [0.1, 0.15) is 22.2 Å². The van der Waals surface area contributed by atoms with Crippen molar-refractivity contribution in [3.63, 3.8) is 0 Å². The fourth-order valence-electron chi connectivity index (χ4n) is 1.85. The van der Waals surface area contributed by atoms with Crippen LogP contribution >= 0.6 is 22.9 Å². The van der Waals surface area contributed by atoms with Crippen LogP contribution in [0.3, 0.4) is 0 Å². The van der Waals surface area contributed by atoms with Crippen LogP contribution in [-0.4, -0.2) is 7.85 Å². The van der Waals surface area contributed by atoms with E-state index < -0.39 is 0 Å². The Morgan fingerprint density at radius 2 is 2.06 bits per heavy atom. The van der Waals surface area contributed by atoms with E-state index in [1.807, 2.05) is 24.3 Å². The maximum Gasteiger partial charge on any atom is 0.141 e. The molecule has 0 saturated carbocycles. The lowest BCUT2D eigenvalue weighted by molar-refractivity contribution is 1.20. The predicted octanol–water partition coefficient (Wildman–Crippen LogP) is 3.42. The summed E-state index contributed by atoms with van der Waals surface area (Å²) in [4.78, 5) is 2.84. The van der Waals surface area contributed by atoms with Crippen LogP contribution in [0.15, 0.2) is 35.4 Å². The second-order valence-electron chi connectivity index (χ2n) is 4.05. The first-order chi connectivity index (χ1) is 8.10. The van der Waals surface area contributed by atoms with E-state index in [0.29, 0.717) is 0 Å². The number of rotatable bonds is 4. The van der Waals surface area contributed by atoms with Crippen LogP contribution in [0.4, 0.5) is 0 Å². The monoisotopic (exact) mass is 264 g/mol. The molecule has 0 nitrogen and oxygen atoms in total. The Labute approximate surface area is 114 Å². The quantitative estimate of drug-likeness (QED) is 0.577. The molecule has 3 heteroatoms. The van der Waals surface area contributed by atoms with Crippen molar-refractivity contribution in [2.75, 3.05) is 0 Å². The van der Waals surface area contributed by atoms with Gasteiger partial charge in [0, 0.05) is 10.4 Å². The molecule has 0 amide bonds. The molecule has 0 aliphatic heterocycles. The highest BCUT2D eigenvalue weighted by molar-refractivity contribution is 7.13. The maximum absolute atomic E-state index is 5.57. The fraction of sp³-hybridized carbons (Fsp3) is 0.286. The van der Waals surface area contributed by atoms with E-state index >= 15 is 0 Å². The molecular formula is C14H18BClS. The highest BCUT2D eigenvalue weighted by Crippen LogP contribution is 2.21. The molecule has 17 heavy (non-hydrogen) atoms. The third kappa shape index (κ3) is 3.90. The van der Waals surface area contributed by atoms with Gasteiger partial charge in [-0.1, -0.05) is 41.4 Å². The van der Waals surface area contributed by atoms with Crippen LogP contribution in [0.2, 0.25) is 0 Å². The van der Waals surface area contributed by atoms with Gasteiger partial charge in [-0.25, -0.2) is 0 Å². The van der Waals surface area contributed by atoms with Crippen molar-refractivity contribution < 1.29 is 0 Å². The summed E-state index contributed by atoms with van der Waals surface area (Å²) in [6, 6.07) is 0. The molecule has 1 aromatic rings. The summed E-state index contributed by atoms with van der Waals surface area (Å²) in [7, 11) is 2.21. The highest BCUT2D eigenvalue weighted by Gasteiger charge is 2.09. The van der Waals surface area contributed by atoms with Crippen molar-refractivity contribution in [2.24, 2.45) is 0 Å². The second kappa shape index (κ2) is 6.88. The van der Waals surface area contributed by atoms with Gasteiger partial charge in [-0.3, -0.25) is 0 Å². The molecule has 0 unspecified atom stereocenters. The SMILES string of the molecule is Bc1c(C)sc(C)c1CC(/C=C\C)=C/C=C/Cl. The average molecular weight is 265 g/mol. The maximum atomic E-state index is 5.57. The minimum atomic E-state index is 0.980. The lowest BCUT2D eigenvalue weighted by Gasteiger charge is -2.04. The Balaban J connectivity index is 3.01. The standard InChI is InChI=1S/C14H18BClS/c1-4-6-12(7-5-8-16)9-13-10(2)17-11(3)14(13)15/h4-8H,9,15H2,1-3H3/b6-4-,8-5+,12-7+. The smallest absolute Gasteiger partial charge is 0.141 e. The first kappa shape index (κ1) is 14.3. The van der Waals surface area contributed by atoms with Gasteiger partial charge in [0.15, 0.2) is 0 Å². The number of hydrogen-bond acceptors (Lipinski definition) is 1. The van der Waals surface area contributed by atoms with Crippen molar-refractivity contribution in [2.45, 2.75) is 27.2 Å². The van der Waals surface area contributed by atoms with E-state index in [9.17, 15) is 0 Å². The lowest BCUT2D eigenvalue weighted by atomic mass is 9.88. The van der Waals surface area contributed by atoms with Gasteiger partial charge in [-0.2, -0.15) is 0 Å². The molecular weight excluding hydrogens is 246 g/mol. The zero-order chi connectivity index (χ0) is 12.8. The normalized spacial score (nSPS) is 13.1. The molecule has 90 valence electrons. The Morgan fingerprint density at radius 1 is 1.35 bits per heavy atom. The van der Waals surface area contributed by atoms with Crippen molar-refractivity contribution in [3.05, 3.63) is 50.7 Å². The summed E-state index contributed by atoms with van der Waals surface area (Å²) in [5.41, 5.74) is 5.72. The highest BCUT2D eigenvalue weighted by atomic mass is 35.5. The molecule has 0 aromatic carbocycles. The van der Waals surface area contributed by atoms with E-state index in [1.54, 1.807) is 5.54 Å². The van der Waals surface area contributed by atoms with Crippen LogP contribution in [0.25, 0.3) is 0 Å². The van der Waals surface area contributed by atoms with E-state index in [0.717, 1.165) is 6.42 Å². The summed E-state index contributed by atoms with van der Waals surface area (Å²) >= 11 is 7.45.